The molecule has 0 aliphatic carbocycles. The van der Waals surface area contributed by atoms with Gasteiger partial charge in [-0.05, 0) is 39.4 Å². The van der Waals surface area contributed by atoms with Crippen LogP contribution < -0.4 is 10.4 Å². The number of nitrogens with zero attached hydrogens (tertiary/aromatic N) is 1. The van der Waals surface area contributed by atoms with Gasteiger partial charge < -0.3 is 4.23 Å². The number of aromatic nitrogens is 1. The Morgan fingerprint density at radius 3 is 1.04 bits per heavy atom. The van der Waals surface area contributed by atoms with Crippen molar-refractivity contribution in [2.75, 3.05) is 0 Å². The van der Waals surface area contributed by atoms with Crippen molar-refractivity contribution in [2.24, 2.45) is 0 Å². The van der Waals surface area contributed by atoms with Crippen molar-refractivity contribution in [2.45, 2.75) is 97.4 Å². The lowest BCUT2D eigenvalue weighted by Gasteiger charge is -2.44. The maximum absolute atomic E-state index is 2.79. The molecule has 1 rings (SSSR count). The first kappa shape index (κ1) is 21.0. The molecule has 0 saturated carbocycles. The zero-order valence-corrected chi connectivity index (χ0v) is 20.8. The van der Waals surface area contributed by atoms with Gasteiger partial charge in [0.2, 0.25) is 0 Å². The van der Waals surface area contributed by atoms with Gasteiger partial charge in [0.25, 0.3) is 0 Å². The van der Waals surface area contributed by atoms with Crippen molar-refractivity contribution >= 4 is 34.8 Å². The fourth-order valence-corrected chi connectivity index (χ4v) is 16.6. The molecule has 4 heteroatoms. The molecule has 134 valence electrons. The lowest BCUT2D eigenvalue weighted by Crippen LogP contribution is -2.54. The van der Waals surface area contributed by atoms with Crippen LogP contribution in [0.25, 0.3) is 0 Å². The predicted octanol–water partition coefficient (Wildman–Crippen LogP) is 5.60. The second kappa shape index (κ2) is 6.68. The van der Waals surface area contributed by atoms with Gasteiger partial charge in [-0.25, -0.2) is 0 Å². The molecule has 0 aliphatic rings. The van der Waals surface area contributed by atoms with Gasteiger partial charge in [0.05, 0.1) is 16.1 Å². The number of rotatable bonds is 6. The van der Waals surface area contributed by atoms with Crippen LogP contribution >= 0.6 is 0 Å². The van der Waals surface area contributed by atoms with Gasteiger partial charge in [-0.15, -0.1) is 0 Å². The van der Waals surface area contributed by atoms with Crippen LogP contribution in [0.15, 0.2) is 12.4 Å². The fourth-order valence-electron chi connectivity index (χ4n) is 4.77. The van der Waals surface area contributed by atoms with Gasteiger partial charge in [-0.2, -0.15) is 0 Å². The Balaban J connectivity index is 3.74. The number of hydrogen-bond donors (Lipinski definition) is 0. The summed E-state index contributed by atoms with van der Waals surface area (Å²) in [5.41, 5.74) is 2.29. The zero-order valence-electron chi connectivity index (χ0n) is 17.8. The SMILES string of the molecule is CC(C)[Si](C(C)C)(C(C)C)n1cc([Si](C)(C)C)c([Si](C)(C)C)c1. The van der Waals surface area contributed by atoms with E-state index in [1.54, 1.807) is 10.4 Å². The first-order valence-corrected chi connectivity index (χ1v) is 18.6. The van der Waals surface area contributed by atoms with Gasteiger partial charge in [0.1, 0.15) is 0 Å². The van der Waals surface area contributed by atoms with Crippen LogP contribution in [0.4, 0.5) is 0 Å². The van der Waals surface area contributed by atoms with Crippen LogP contribution in [-0.2, 0) is 0 Å². The molecular weight excluding hydrogens is 326 g/mol. The quantitative estimate of drug-likeness (QED) is 0.576. The molecule has 1 heterocycles. The Morgan fingerprint density at radius 2 is 0.870 bits per heavy atom. The highest BCUT2D eigenvalue weighted by Gasteiger charge is 2.46. The van der Waals surface area contributed by atoms with Gasteiger partial charge in [-0.1, -0.05) is 80.8 Å². The summed E-state index contributed by atoms with van der Waals surface area (Å²) in [5, 5.41) is 3.46. The summed E-state index contributed by atoms with van der Waals surface area (Å²) in [6.45, 7) is 29.9. The van der Waals surface area contributed by atoms with Crippen LogP contribution in [0.2, 0.25) is 55.9 Å². The van der Waals surface area contributed by atoms with Gasteiger partial charge in [0.15, 0.2) is 8.24 Å². The molecule has 0 radical (unpaired) electrons. The second-order valence-corrected chi connectivity index (χ2v) is 26.2. The Labute approximate surface area is 149 Å². The highest BCUT2D eigenvalue weighted by atomic mass is 28.3. The zero-order chi connectivity index (χ0) is 18.4. The van der Waals surface area contributed by atoms with E-state index in [0.29, 0.717) is 0 Å². The lowest BCUT2D eigenvalue weighted by molar-refractivity contribution is 0.766. The molecule has 0 aromatic carbocycles. The molecular formula is C19H41NSi3. The maximum atomic E-state index is 2.79. The van der Waals surface area contributed by atoms with Crippen molar-refractivity contribution in [1.29, 1.82) is 0 Å². The summed E-state index contributed by atoms with van der Waals surface area (Å²) in [6, 6.07) is 0. The molecule has 23 heavy (non-hydrogen) atoms. The molecule has 0 aliphatic heterocycles. The van der Waals surface area contributed by atoms with E-state index in [2.05, 4.69) is 97.5 Å². The Kier molecular flexibility index (Phi) is 6.09. The van der Waals surface area contributed by atoms with Gasteiger partial charge >= 0.3 is 0 Å². The third-order valence-corrected chi connectivity index (χ3v) is 16.6. The summed E-state index contributed by atoms with van der Waals surface area (Å²) < 4.78 is 2.79. The van der Waals surface area contributed by atoms with E-state index in [4.69, 9.17) is 0 Å². The van der Waals surface area contributed by atoms with Crippen molar-refractivity contribution in [3.8, 4) is 0 Å². The molecule has 0 amide bonds. The minimum absolute atomic E-state index is 0.763. The van der Waals surface area contributed by atoms with Crippen LogP contribution in [-0.4, -0.2) is 28.6 Å². The summed E-state index contributed by atoms with van der Waals surface area (Å²) in [6.07, 6.45) is 5.23. The van der Waals surface area contributed by atoms with Crippen LogP contribution in [0.3, 0.4) is 0 Å². The molecule has 0 saturated heterocycles. The maximum Gasteiger partial charge on any atom is 0.168 e. The normalized spacial score (nSPS) is 14.4. The molecule has 0 fully saturated rings. The smallest absolute Gasteiger partial charge is 0.168 e. The van der Waals surface area contributed by atoms with Gasteiger partial charge in [-0.3, -0.25) is 0 Å². The second-order valence-electron chi connectivity index (χ2n) is 10.3. The van der Waals surface area contributed by atoms with Crippen molar-refractivity contribution in [1.82, 2.24) is 4.23 Å². The van der Waals surface area contributed by atoms with E-state index in [1.165, 1.54) is 0 Å². The summed E-state index contributed by atoms with van der Waals surface area (Å²) in [5.74, 6) is 0. The Bertz CT molecular complexity index is 475. The average molecular weight is 368 g/mol. The van der Waals surface area contributed by atoms with E-state index in [0.717, 1.165) is 16.6 Å². The molecule has 0 spiro atoms. The highest BCUT2D eigenvalue weighted by Crippen LogP contribution is 2.42. The van der Waals surface area contributed by atoms with E-state index in [9.17, 15) is 0 Å². The fraction of sp³-hybridized carbons (Fsp3) is 0.789. The highest BCUT2D eigenvalue weighted by molar-refractivity contribution is 6.99. The van der Waals surface area contributed by atoms with Crippen LogP contribution in [0, 0.1) is 0 Å². The molecule has 1 nitrogen and oxygen atoms in total. The summed E-state index contributed by atoms with van der Waals surface area (Å²) >= 11 is 0. The minimum Gasteiger partial charge on any atom is -0.380 e. The van der Waals surface area contributed by atoms with Crippen LogP contribution in [0.5, 0.6) is 0 Å². The third-order valence-electron chi connectivity index (χ3n) is 5.66. The summed E-state index contributed by atoms with van der Waals surface area (Å²) in [7, 11) is -4.24. The monoisotopic (exact) mass is 367 g/mol. The Hall–Kier alpha value is -0.0694. The van der Waals surface area contributed by atoms with Crippen LogP contribution in [0.1, 0.15) is 41.5 Å². The van der Waals surface area contributed by atoms with E-state index < -0.39 is 24.4 Å². The third kappa shape index (κ3) is 3.79. The first-order valence-electron chi connectivity index (χ1n) is 9.40. The van der Waals surface area contributed by atoms with E-state index >= 15 is 0 Å². The molecule has 0 N–H and O–H groups in total. The van der Waals surface area contributed by atoms with Crippen molar-refractivity contribution < 1.29 is 0 Å². The summed E-state index contributed by atoms with van der Waals surface area (Å²) in [4.78, 5) is 0. The Morgan fingerprint density at radius 1 is 0.609 bits per heavy atom. The van der Waals surface area contributed by atoms with Crippen molar-refractivity contribution in [3.05, 3.63) is 12.4 Å². The van der Waals surface area contributed by atoms with Crippen molar-refractivity contribution in [3.63, 3.8) is 0 Å². The molecule has 1 aromatic heterocycles. The van der Waals surface area contributed by atoms with E-state index in [-0.39, 0.29) is 0 Å². The predicted molar refractivity (Wildman–Crippen MR) is 117 cm³/mol. The van der Waals surface area contributed by atoms with E-state index in [1.807, 2.05) is 0 Å². The first-order chi connectivity index (χ1) is 10.2. The van der Waals surface area contributed by atoms with Gasteiger partial charge in [0, 0.05) is 0 Å². The number of hydrogen-bond acceptors (Lipinski definition) is 0. The largest absolute Gasteiger partial charge is 0.380 e. The lowest BCUT2D eigenvalue weighted by atomic mass is 10.5. The molecule has 0 bridgehead atoms. The topological polar surface area (TPSA) is 4.93 Å². The molecule has 1 aromatic rings. The standard InChI is InChI=1S/C19H41NSi3/c1-15(2)23(16(3)4,17(5)6)20-13-18(21(7,8)9)19(14-20)22(10,11)12/h13-17H,1-12H3. The molecule has 0 unspecified atom stereocenters. The average Bonchev–Trinajstić information content (AvgIpc) is 2.72. The minimum atomic E-state index is -1.61. The molecule has 0 atom stereocenters.